The Kier molecular flexibility index (Phi) is 4.45. The Hall–Kier alpha value is -2.96. The maximum Gasteiger partial charge on any atom is 0.284 e. The molecule has 3 heterocycles. The Labute approximate surface area is 173 Å². The lowest BCUT2D eigenvalue weighted by molar-refractivity contribution is 0.102. The molecule has 0 saturated heterocycles. The average molecular weight is 403 g/mol. The SMILES string of the molecule is Cc1c(NC(=O)c2nc3c(s2)CNCC3)cccc1-c1cccc2c1ccn2C. The van der Waals surface area contributed by atoms with Crippen LogP contribution in [0.3, 0.4) is 0 Å². The van der Waals surface area contributed by atoms with Gasteiger partial charge >= 0.3 is 0 Å². The molecule has 0 bridgehead atoms. The van der Waals surface area contributed by atoms with Gasteiger partial charge in [-0.15, -0.1) is 11.3 Å². The number of nitrogens with zero attached hydrogens (tertiary/aromatic N) is 2. The maximum absolute atomic E-state index is 12.9. The van der Waals surface area contributed by atoms with Crippen molar-refractivity contribution in [1.82, 2.24) is 14.9 Å². The predicted molar refractivity (Wildman–Crippen MR) is 119 cm³/mol. The Morgan fingerprint density at radius 2 is 2.00 bits per heavy atom. The van der Waals surface area contributed by atoms with Gasteiger partial charge in [0.25, 0.3) is 5.91 Å². The van der Waals surface area contributed by atoms with E-state index in [9.17, 15) is 4.79 Å². The summed E-state index contributed by atoms with van der Waals surface area (Å²) in [5, 5.41) is 8.16. The van der Waals surface area contributed by atoms with E-state index in [-0.39, 0.29) is 5.91 Å². The fraction of sp³-hybridized carbons (Fsp3) is 0.217. The molecule has 0 radical (unpaired) electrons. The summed E-state index contributed by atoms with van der Waals surface area (Å²) in [6, 6.07) is 14.5. The molecule has 2 aromatic heterocycles. The summed E-state index contributed by atoms with van der Waals surface area (Å²) in [4.78, 5) is 18.6. The molecular formula is C23H22N4OS. The van der Waals surface area contributed by atoms with Gasteiger partial charge in [-0.1, -0.05) is 24.3 Å². The smallest absolute Gasteiger partial charge is 0.284 e. The van der Waals surface area contributed by atoms with E-state index >= 15 is 0 Å². The molecule has 0 fully saturated rings. The second-order valence-electron chi connectivity index (χ2n) is 7.41. The minimum atomic E-state index is -0.137. The number of carbonyl (C=O) groups is 1. The summed E-state index contributed by atoms with van der Waals surface area (Å²) >= 11 is 1.49. The summed E-state index contributed by atoms with van der Waals surface area (Å²) in [6.45, 7) is 3.78. The second kappa shape index (κ2) is 7.13. The molecule has 5 rings (SSSR count). The molecule has 5 nitrogen and oxygen atoms in total. The second-order valence-corrected chi connectivity index (χ2v) is 8.50. The van der Waals surface area contributed by atoms with Crippen molar-refractivity contribution in [2.45, 2.75) is 19.9 Å². The van der Waals surface area contributed by atoms with Gasteiger partial charge in [-0.2, -0.15) is 0 Å². The van der Waals surface area contributed by atoms with Crippen molar-refractivity contribution in [3.8, 4) is 11.1 Å². The zero-order chi connectivity index (χ0) is 20.0. The van der Waals surface area contributed by atoms with Crippen molar-refractivity contribution in [1.29, 1.82) is 0 Å². The number of benzene rings is 2. The van der Waals surface area contributed by atoms with E-state index in [1.807, 2.05) is 12.1 Å². The zero-order valence-electron chi connectivity index (χ0n) is 16.5. The van der Waals surface area contributed by atoms with Crippen molar-refractivity contribution in [2.75, 3.05) is 11.9 Å². The molecule has 0 saturated carbocycles. The Bertz CT molecular complexity index is 1210. The molecule has 146 valence electrons. The third-order valence-electron chi connectivity index (χ3n) is 5.60. The van der Waals surface area contributed by atoms with Crippen LogP contribution in [0, 0.1) is 6.92 Å². The first-order valence-corrected chi connectivity index (χ1v) is 10.6. The van der Waals surface area contributed by atoms with Crippen molar-refractivity contribution in [2.24, 2.45) is 7.05 Å². The van der Waals surface area contributed by atoms with Crippen LogP contribution in [0.15, 0.2) is 48.7 Å². The van der Waals surface area contributed by atoms with Gasteiger partial charge in [0.1, 0.15) is 0 Å². The van der Waals surface area contributed by atoms with Crippen LogP contribution in [-0.4, -0.2) is 22.0 Å². The van der Waals surface area contributed by atoms with Crippen molar-refractivity contribution >= 4 is 33.8 Å². The fourth-order valence-electron chi connectivity index (χ4n) is 4.00. The first-order valence-electron chi connectivity index (χ1n) is 9.76. The molecule has 2 N–H and O–H groups in total. The first kappa shape index (κ1) is 18.1. The highest BCUT2D eigenvalue weighted by Gasteiger charge is 2.20. The summed E-state index contributed by atoms with van der Waals surface area (Å²) in [5.74, 6) is -0.137. The van der Waals surface area contributed by atoms with Crippen LogP contribution in [0.2, 0.25) is 0 Å². The summed E-state index contributed by atoms with van der Waals surface area (Å²) < 4.78 is 2.12. The van der Waals surface area contributed by atoms with Gasteiger partial charge in [-0.25, -0.2) is 4.98 Å². The Morgan fingerprint density at radius 1 is 1.17 bits per heavy atom. The third kappa shape index (κ3) is 3.14. The molecular weight excluding hydrogens is 380 g/mol. The number of fused-ring (bicyclic) bond motifs is 2. The predicted octanol–water partition coefficient (Wildman–Crippen LogP) is 4.51. The Morgan fingerprint density at radius 3 is 2.86 bits per heavy atom. The van der Waals surface area contributed by atoms with E-state index in [1.54, 1.807) is 0 Å². The molecule has 0 spiro atoms. The summed E-state index contributed by atoms with van der Waals surface area (Å²) in [5.41, 5.74) is 6.43. The van der Waals surface area contributed by atoms with Crippen LogP contribution < -0.4 is 10.6 Å². The van der Waals surface area contributed by atoms with Crippen molar-refractivity contribution < 1.29 is 4.79 Å². The number of rotatable bonds is 3. The fourth-order valence-corrected chi connectivity index (χ4v) is 4.97. The van der Waals surface area contributed by atoms with Gasteiger partial charge < -0.3 is 15.2 Å². The third-order valence-corrected chi connectivity index (χ3v) is 6.69. The van der Waals surface area contributed by atoms with Gasteiger partial charge in [-0.05, 0) is 41.8 Å². The minimum Gasteiger partial charge on any atom is -0.351 e. The number of aromatic nitrogens is 2. The number of aryl methyl sites for hydroxylation is 1. The normalized spacial score (nSPS) is 13.4. The summed E-state index contributed by atoms with van der Waals surface area (Å²) in [7, 11) is 2.05. The molecule has 0 unspecified atom stereocenters. The Balaban J connectivity index is 1.49. The maximum atomic E-state index is 12.9. The van der Waals surface area contributed by atoms with Crippen LogP contribution in [0.25, 0.3) is 22.0 Å². The van der Waals surface area contributed by atoms with E-state index in [0.717, 1.165) is 42.0 Å². The monoisotopic (exact) mass is 402 g/mol. The largest absolute Gasteiger partial charge is 0.351 e. The van der Waals surface area contributed by atoms with E-state index < -0.39 is 0 Å². The zero-order valence-corrected chi connectivity index (χ0v) is 17.3. The van der Waals surface area contributed by atoms with Gasteiger partial charge in [-0.3, -0.25) is 4.79 Å². The number of carbonyl (C=O) groups excluding carboxylic acids is 1. The van der Waals surface area contributed by atoms with Gasteiger partial charge in [0.15, 0.2) is 5.01 Å². The highest BCUT2D eigenvalue weighted by atomic mass is 32.1. The number of hydrogen-bond donors (Lipinski definition) is 2. The highest BCUT2D eigenvalue weighted by molar-refractivity contribution is 7.13. The molecule has 2 aromatic carbocycles. The molecule has 1 aliphatic rings. The van der Waals surface area contributed by atoms with Crippen molar-refractivity contribution in [3.05, 3.63) is 69.8 Å². The molecule has 1 amide bonds. The molecule has 6 heteroatoms. The lowest BCUT2D eigenvalue weighted by Gasteiger charge is -2.13. The lowest BCUT2D eigenvalue weighted by Crippen LogP contribution is -2.22. The molecule has 0 aliphatic carbocycles. The number of anilines is 1. The quantitative estimate of drug-likeness (QED) is 0.530. The molecule has 4 aromatic rings. The van der Waals surface area contributed by atoms with E-state index in [4.69, 9.17) is 0 Å². The number of nitrogens with one attached hydrogen (secondary N) is 2. The highest BCUT2D eigenvalue weighted by Crippen LogP contribution is 2.34. The van der Waals surface area contributed by atoms with Crippen LogP contribution >= 0.6 is 11.3 Å². The van der Waals surface area contributed by atoms with Gasteiger partial charge in [0, 0.05) is 54.2 Å². The number of hydrogen-bond acceptors (Lipinski definition) is 4. The summed E-state index contributed by atoms with van der Waals surface area (Å²) in [6.07, 6.45) is 2.96. The molecule has 29 heavy (non-hydrogen) atoms. The van der Waals surface area contributed by atoms with Crippen molar-refractivity contribution in [3.63, 3.8) is 0 Å². The first-order chi connectivity index (χ1) is 14.1. The molecule has 0 atom stereocenters. The lowest BCUT2D eigenvalue weighted by atomic mass is 9.96. The van der Waals surface area contributed by atoms with E-state index in [1.165, 1.54) is 32.7 Å². The van der Waals surface area contributed by atoms with Gasteiger partial charge in [0.2, 0.25) is 0 Å². The topological polar surface area (TPSA) is 59.0 Å². The van der Waals surface area contributed by atoms with Crippen LogP contribution in [0.5, 0.6) is 0 Å². The number of amides is 1. The number of thiazole rings is 1. The van der Waals surface area contributed by atoms with Crippen LogP contribution in [-0.2, 0) is 20.0 Å². The van der Waals surface area contributed by atoms with E-state index in [0.29, 0.717) is 5.01 Å². The molecule has 1 aliphatic heterocycles. The van der Waals surface area contributed by atoms with Crippen LogP contribution in [0.1, 0.15) is 25.9 Å². The minimum absolute atomic E-state index is 0.137. The van der Waals surface area contributed by atoms with E-state index in [2.05, 4.69) is 70.7 Å². The standard InChI is InChI=1S/C23H22N4OS/c1-14-15(16-6-4-8-20-17(16)10-12-27(20)2)5-3-7-18(14)25-22(28)23-26-19-9-11-24-13-21(19)29-23/h3-8,10,12,24H,9,11,13H2,1-2H3,(H,25,28). The van der Waals surface area contributed by atoms with Gasteiger partial charge in [0.05, 0.1) is 5.69 Å². The average Bonchev–Trinajstić information content (AvgIpc) is 3.34. The van der Waals surface area contributed by atoms with Crippen LogP contribution in [0.4, 0.5) is 5.69 Å².